The molecule has 0 spiro atoms. The molecule has 1 nitrogen and oxygen atoms in total. The fourth-order valence-corrected chi connectivity index (χ4v) is 0.827. The Morgan fingerprint density at radius 3 is 2.45 bits per heavy atom. The van der Waals surface area contributed by atoms with E-state index in [-0.39, 0.29) is 6.04 Å². The Kier molecular flexibility index (Phi) is 2.87. The smallest absolute Gasteiger partial charge is 0.0198 e. The minimum absolute atomic E-state index is 0.134. The Morgan fingerprint density at radius 1 is 1.27 bits per heavy atom. The van der Waals surface area contributed by atoms with Crippen LogP contribution in [0.5, 0.6) is 0 Å². The van der Waals surface area contributed by atoms with Crippen molar-refractivity contribution in [1.29, 1.82) is 0 Å². The van der Waals surface area contributed by atoms with Crippen LogP contribution in [0.15, 0.2) is 36.4 Å². The van der Waals surface area contributed by atoms with E-state index in [9.17, 15) is 0 Å². The molecule has 0 saturated heterocycles. The number of hydrogen-bond donors (Lipinski definition) is 1. The largest absolute Gasteiger partial charge is 0.325 e. The lowest BCUT2D eigenvalue weighted by Gasteiger charge is -1.94. The highest BCUT2D eigenvalue weighted by Gasteiger charge is 1.84. The molecule has 0 saturated carbocycles. The molecular formula is C10H13N. The van der Waals surface area contributed by atoms with Crippen molar-refractivity contribution in [3.8, 4) is 0 Å². The van der Waals surface area contributed by atoms with Crippen molar-refractivity contribution in [2.45, 2.75) is 13.0 Å². The number of benzene rings is 1. The van der Waals surface area contributed by atoms with E-state index in [1.54, 1.807) is 0 Å². The van der Waals surface area contributed by atoms with Gasteiger partial charge in [0.05, 0.1) is 0 Å². The van der Waals surface area contributed by atoms with Gasteiger partial charge in [0.25, 0.3) is 0 Å². The van der Waals surface area contributed by atoms with Crippen LogP contribution in [0, 0.1) is 0 Å². The van der Waals surface area contributed by atoms with Crippen molar-refractivity contribution >= 4 is 6.08 Å². The maximum Gasteiger partial charge on any atom is 0.0198 e. The molecule has 2 N–H and O–H groups in total. The second-order valence-corrected chi connectivity index (χ2v) is 2.63. The highest BCUT2D eigenvalue weighted by molar-refractivity contribution is 5.49. The summed E-state index contributed by atoms with van der Waals surface area (Å²) in [6.07, 6.45) is 4.01. The monoisotopic (exact) mass is 147 g/mol. The summed E-state index contributed by atoms with van der Waals surface area (Å²) in [6.45, 7) is 1.96. The second kappa shape index (κ2) is 3.94. The van der Waals surface area contributed by atoms with Crippen LogP contribution in [0.3, 0.4) is 0 Å². The molecule has 1 aromatic carbocycles. The molecule has 1 aromatic rings. The van der Waals surface area contributed by atoms with E-state index < -0.39 is 0 Å². The Balaban J connectivity index is 2.65. The molecule has 1 rings (SSSR count). The van der Waals surface area contributed by atoms with Crippen LogP contribution in [0.25, 0.3) is 6.08 Å². The standard InChI is InChI=1S/C10H13N/c1-9(11)7-8-10-5-3-2-4-6-10/h2-9H,11H2,1H3/t9-/m1/s1. The van der Waals surface area contributed by atoms with Gasteiger partial charge < -0.3 is 5.73 Å². The molecule has 0 amide bonds. The predicted molar refractivity (Wildman–Crippen MR) is 49.1 cm³/mol. The highest BCUT2D eigenvalue weighted by atomic mass is 14.6. The van der Waals surface area contributed by atoms with Crippen LogP contribution in [0.4, 0.5) is 0 Å². The summed E-state index contributed by atoms with van der Waals surface area (Å²) >= 11 is 0. The van der Waals surface area contributed by atoms with Crippen LogP contribution in [-0.4, -0.2) is 6.04 Å². The Morgan fingerprint density at radius 2 is 1.91 bits per heavy atom. The van der Waals surface area contributed by atoms with Crippen molar-refractivity contribution in [2.24, 2.45) is 5.73 Å². The summed E-state index contributed by atoms with van der Waals surface area (Å²) < 4.78 is 0. The van der Waals surface area contributed by atoms with Crippen LogP contribution >= 0.6 is 0 Å². The number of hydrogen-bond acceptors (Lipinski definition) is 1. The van der Waals surface area contributed by atoms with E-state index in [0.29, 0.717) is 0 Å². The lowest BCUT2D eigenvalue weighted by atomic mass is 10.2. The molecule has 0 bridgehead atoms. The van der Waals surface area contributed by atoms with Gasteiger partial charge in [-0.05, 0) is 12.5 Å². The molecular weight excluding hydrogens is 134 g/mol. The molecule has 0 aliphatic heterocycles. The third kappa shape index (κ3) is 3.01. The molecule has 58 valence electrons. The van der Waals surface area contributed by atoms with Crippen molar-refractivity contribution in [3.05, 3.63) is 42.0 Å². The lowest BCUT2D eigenvalue weighted by Crippen LogP contribution is -2.09. The zero-order valence-electron chi connectivity index (χ0n) is 6.70. The lowest BCUT2D eigenvalue weighted by molar-refractivity contribution is 0.931. The average molecular weight is 147 g/mol. The van der Waals surface area contributed by atoms with Crippen LogP contribution < -0.4 is 5.73 Å². The second-order valence-electron chi connectivity index (χ2n) is 2.63. The first-order valence-electron chi connectivity index (χ1n) is 3.78. The molecule has 0 heterocycles. The van der Waals surface area contributed by atoms with E-state index in [0.717, 1.165) is 0 Å². The zero-order valence-corrected chi connectivity index (χ0v) is 6.70. The maximum atomic E-state index is 5.55. The van der Waals surface area contributed by atoms with Gasteiger partial charge in [0.2, 0.25) is 0 Å². The van der Waals surface area contributed by atoms with Gasteiger partial charge in [-0.3, -0.25) is 0 Å². The fourth-order valence-electron chi connectivity index (χ4n) is 0.827. The van der Waals surface area contributed by atoms with Gasteiger partial charge in [0, 0.05) is 6.04 Å². The van der Waals surface area contributed by atoms with Gasteiger partial charge in [-0.25, -0.2) is 0 Å². The predicted octanol–water partition coefficient (Wildman–Crippen LogP) is 2.05. The van der Waals surface area contributed by atoms with Crippen LogP contribution in [0.1, 0.15) is 12.5 Å². The molecule has 11 heavy (non-hydrogen) atoms. The Labute approximate surface area is 67.5 Å². The Hall–Kier alpha value is -1.08. The minimum Gasteiger partial charge on any atom is -0.325 e. The van der Waals surface area contributed by atoms with Crippen LogP contribution in [-0.2, 0) is 0 Å². The highest BCUT2D eigenvalue weighted by Crippen LogP contribution is 2.00. The van der Waals surface area contributed by atoms with Gasteiger partial charge in [-0.2, -0.15) is 0 Å². The molecule has 0 aliphatic rings. The molecule has 1 atom stereocenters. The average Bonchev–Trinajstić information content (AvgIpc) is 2.03. The van der Waals surface area contributed by atoms with Gasteiger partial charge in [0.15, 0.2) is 0 Å². The normalized spacial score (nSPS) is 13.6. The summed E-state index contributed by atoms with van der Waals surface area (Å²) in [6, 6.07) is 10.3. The third-order valence-corrected chi connectivity index (χ3v) is 1.39. The van der Waals surface area contributed by atoms with Crippen molar-refractivity contribution in [1.82, 2.24) is 0 Å². The van der Waals surface area contributed by atoms with Crippen molar-refractivity contribution < 1.29 is 0 Å². The zero-order chi connectivity index (χ0) is 8.10. The van der Waals surface area contributed by atoms with Gasteiger partial charge in [0.1, 0.15) is 0 Å². The van der Waals surface area contributed by atoms with Gasteiger partial charge >= 0.3 is 0 Å². The summed E-state index contributed by atoms with van der Waals surface area (Å²) in [7, 11) is 0. The first-order chi connectivity index (χ1) is 5.29. The molecule has 0 aromatic heterocycles. The summed E-state index contributed by atoms with van der Waals surface area (Å²) in [5, 5.41) is 0. The van der Waals surface area contributed by atoms with Crippen molar-refractivity contribution in [2.75, 3.05) is 0 Å². The topological polar surface area (TPSA) is 26.0 Å². The molecule has 1 heteroatoms. The first kappa shape index (κ1) is 8.02. The van der Waals surface area contributed by atoms with E-state index in [2.05, 4.69) is 12.1 Å². The minimum atomic E-state index is 0.134. The van der Waals surface area contributed by atoms with Gasteiger partial charge in [-0.1, -0.05) is 42.5 Å². The quantitative estimate of drug-likeness (QED) is 0.680. The fraction of sp³-hybridized carbons (Fsp3) is 0.200. The molecule has 0 unspecified atom stereocenters. The van der Waals surface area contributed by atoms with E-state index >= 15 is 0 Å². The summed E-state index contributed by atoms with van der Waals surface area (Å²) in [4.78, 5) is 0. The van der Waals surface area contributed by atoms with Gasteiger partial charge in [-0.15, -0.1) is 0 Å². The van der Waals surface area contributed by atoms with E-state index in [4.69, 9.17) is 5.73 Å². The third-order valence-electron chi connectivity index (χ3n) is 1.39. The Bertz CT molecular complexity index is 224. The summed E-state index contributed by atoms with van der Waals surface area (Å²) in [5.41, 5.74) is 6.75. The SMILES string of the molecule is C[C@@H](N)C=Cc1ccccc1. The number of nitrogens with two attached hydrogens (primary N) is 1. The first-order valence-corrected chi connectivity index (χ1v) is 3.78. The molecule has 0 aliphatic carbocycles. The summed E-state index contributed by atoms with van der Waals surface area (Å²) in [5.74, 6) is 0. The maximum absolute atomic E-state index is 5.55. The van der Waals surface area contributed by atoms with Crippen molar-refractivity contribution in [3.63, 3.8) is 0 Å². The van der Waals surface area contributed by atoms with E-state index in [1.165, 1.54) is 5.56 Å². The molecule has 0 fully saturated rings. The molecule has 0 radical (unpaired) electrons. The van der Waals surface area contributed by atoms with E-state index in [1.807, 2.05) is 37.3 Å². The van der Waals surface area contributed by atoms with Crippen LogP contribution in [0.2, 0.25) is 0 Å². The number of rotatable bonds is 2.